The van der Waals surface area contributed by atoms with Crippen molar-refractivity contribution in [2.45, 2.75) is 19.3 Å². The minimum atomic E-state index is -0.839. The van der Waals surface area contributed by atoms with Gasteiger partial charge in [-0.2, -0.15) is 5.26 Å². The summed E-state index contributed by atoms with van der Waals surface area (Å²) in [7, 11) is 6.09. The largest absolute Gasteiger partial charge is 0.493 e. The Kier molecular flexibility index (Phi) is 8.50. The van der Waals surface area contributed by atoms with Gasteiger partial charge in [-0.3, -0.25) is 14.2 Å². The van der Waals surface area contributed by atoms with Crippen LogP contribution in [0.1, 0.15) is 30.4 Å². The monoisotopic (exact) mass is 562 g/mol. The number of ether oxygens (including phenoxy) is 4. The van der Waals surface area contributed by atoms with Gasteiger partial charge in [0.2, 0.25) is 0 Å². The van der Waals surface area contributed by atoms with E-state index in [1.54, 1.807) is 49.6 Å². The molecule has 1 amide bonds. The average Bonchev–Trinajstić information content (AvgIpc) is 3.30. The van der Waals surface area contributed by atoms with Crippen LogP contribution in [0.3, 0.4) is 0 Å². The Hall–Kier alpha value is -4.69. The zero-order chi connectivity index (χ0) is 29.0. The summed E-state index contributed by atoms with van der Waals surface area (Å²) in [4.78, 5) is 27.3. The normalized spacial score (nSPS) is 14.8. The number of hydrogen-bond donors (Lipinski definition) is 2. The van der Waals surface area contributed by atoms with E-state index in [0.29, 0.717) is 56.3 Å². The maximum absolute atomic E-state index is 13.7. The Balaban J connectivity index is 2.05. The molecule has 1 aliphatic rings. The van der Waals surface area contributed by atoms with Crippen LogP contribution in [0.15, 0.2) is 46.8 Å². The number of nitrogens with one attached hydrogen (secondary N) is 1. The minimum absolute atomic E-state index is 0.0301. The molecule has 1 aliphatic heterocycles. The number of nitriles is 1. The van der Waals surface area contributed by atoms with Gasteiger partial charge < -0.3 is 30.0 Å². The number of aromatic nitrogens is 1. The fraction of sp³-hybridized carbons (Fsp3) is 0.276. The Morgan fingerprint density at radius 3 is 2.27 bits per heavy atom. The van der Waals surface area contributed by atoms with Crippen LogP contribution in [0.5, 0.6) is 23.0 Å². The lowest BCUT2D eigenvalue weighted by Gasteiger charge is -2.25. The maximum atomic E-state index is 13.7. The van der Waals surface area contributed by atoms with Crippen LogP contribution in [0.25, 0.3) is 17.5 Å². The van der Waals surface area contributed by atoms with Crippen molar-refractivity contribution in [3.05, 3.63) is 72.6 Å². The average molecular weight is 563 g/mol. The highest BCUT2D eigenvalue weighted by molar-refractivity contribution is 7.07. The van der Waals surface area contributed by atoms with Crippen molar-refractivity contribution in [1.82, 2.24) is 9.88 Å². The molecule has 2 heterocycles. The number of hydrogen-bond acceptors (Lipinski definition) is 9. The molecule has 1 aromatic heterocycles. The number of amides is 1. The van der Waals surface area contributed by atoms with Gasteiger partial charge in [0.25, 0.3) is 11.5 Å². The van der Waals surface area contributed by atoms with Gasteiger partial charge in [0, 0.05) is 6.54 Å². The molecule has 4 rings (SSSR count). The van der Waals surface area contributed by atoms with Gasteiger partial charge in [0.1, 0.15) is 10.5 Å². The second kappa shape index (κ2) is 12.0. The van der Waals surface area contributed by atoms with Crippen LogP contribution in [-0.4, -0.2) is 45.5 Å². The lowest BCUT2D eigenvalue weighted by atomic mass is 9.83. The van der Waals surface area contributed by atoms with E-state index in [9.17, 15) is 14.9 Å². The number of thiazole rings is 1. The van der Waals surface area contributed by atoms with Crippen LogP contribution in [0.2, 0.25) is 0 Å². The minimum Gasteiger partial charge on any atom is -0.493 e. The van der Waals surface area contributed by atoms with E-state index in [2.05, 4.69) is 11.4 Å². The Bertz CT molecular complexity index is 1710. The molecule has 2 aromatic carbocycles. The second-order valence-corrected chi connectivity index (χ2v) is 9.83. The summed E-state index contributed by atoms with van der Waals surface area (Å²) in [5.74, 6) is 0.716. The molecule has 0 bridgehead atoms. The number of benzene rings is 2. The first-order chi connectivity index (χ1) is 19.3. The number of allylic oxidation sites excluding steroid dienone is 1. The van der Waals surface area contributed by atoms with Gasteiger partial charge >= 0.3 is 0 Å². The zero-order valence-corrected chi connectivity index (χ0v) is 23.7. The molecule has 208 valence electrons. The highest BCUT2D eigenvalue weighted by atomic mass is 32.1. The molecule has 40 heavy (non-hydrogen) atoms. The third kappa shape index (κ3) is 5.01. The molecule has 0 aliphatic carbocycles. The third-order valence-electron chi connectivity index (χ3n) is 6.50. The van der Waals surface area contributed by atoms with E-state index in [0.717, 1.165) is 11.3 Å². The highest BCUT2D eigenvalue weighted by Crippen LogP contribution is 2.39. The summed E-state index contributed by atoms with van der Waals surface area (Å²) in [5, 5.41) is 13.1. The van der Waals surface area contributed by atoms with E-state index in [1.165, 1.54) is 25.9 Å². The summed E-state index contributed by atoms with van der Waals surface area (Å²) in [6.45, 7) is 2.36. The van der Waals surface area contributed by atoms with Crippen molar-refractivity contribution >= 4 is 34.7 Å². The summed E-state index contributed by atoms with van der Waals surface area (Å²) in [5.41, 5.74) is 7.66. The molecule has 0 saturated carbocycles. The van der Waals surface area contributed by atoms with Gasteiger partial charge in [-0.1, -0.05) is 19.1 Å². The van der Waals surface area contributed by atoms with E-state index < -0.39 is 17.4 Å². The van der Waals surface area contributed by atoms with Crippen molar-refractivity contribution in [1.29, 1.82) is 5.26 Å². The molecule has 0 fully saturated rings. The van der Waals surface area contributed by atoms with Gasteiger partial charge in [0.05, 0.1) is 56.1 Å². The quantitative estimate of drug-likeness (QED) is 0.403. The van der Waals surface area contributed by atoms with E-state index >= 15 is 0 Å². The van der Waals surface area contributed by atoms with Crippen LogP contribution >= 0.6 is 11.3 Å². The molecule has 3 aromatic rings. The molecule has 10 nitrogen and oxygen atoms in total. The van der Waals surface area contributed by atoms with Crippen LogP contribution in [-0.2, 0) is 4.79 Å². The predicted molar refractivity (Wildman–Crippen MR) is 153 cm³/mol. The zero-order valence-electron chi connectivity index (χ0n) is 22.9. The van der Waals surface area contributed by atoms with Crippen LogP contribution in [0.4, 0.5) is 0 Å². The number of rotatable bonds is 9. The van der Waals surface area contributed by atoms with E-state index in [1.807, 2.05) is 6.92 Å². The van der Waals surface area contributed by atoms with Gasteiger partial charge in [-0.15, -0.1) is 11.3 Å². The first-order valence-electron chi connectivity index (χ1n) is 12.4. The van der Waals surface area contributed by atoms with E-state index in [-0.39, 0.29) is 17.0 Å². The molecule has 0 radical (unpaired) electrons. The van der Waals surface area contributed by atoms with Crippen molar-refractivity contribution in [3.63, 3.8) is 0 Å². The predicted octanol–water partition coefficient (Wildman–Crippen LogP) is 1.90. The molecule has 11 heteroatoms. The molecule has 3 N–H and O–H groups in total. The fourth-order valence-corrected chi connectivity index (χ4v) is 5.74. The van der Waals surface area contributed by atoms with Crippen LogP contribution in [0, 0.1) is 11.3 Å². The van der Waals surface area contributed by atoms with Crippen molar-refractivity contribution in [3.8, 4) is 29.1 Å². The highest BCUT2D eigenvalue weighted by Gasteiger charge is 2.36. The Morgan fingerprint density at radius 1 is 1.05 bits per heavy atom. The number of carbonyl (C=O) groups excluding carboxylic acids is 1. The SMILES string of the molecule is CCCNC(=O)C1=c2s/c(=C/c3ccc(OC)c(OC)c3)c(=O)n2C(N)=C(C#N)C1c1ccc(OC)c(OC)c1. The van der Waals surface area contributed by atoms with Gasteiger partial charge in [-0.25, -0.2) is 0 Å². The van der Waals surface area contributed by atoms with Gasteiger partial charge in [0.15, 0.2) is 23.0 Å². The van der Waals surface area contributed by atoms with Crippen molar-refractivity contribution < 1.29 is 23.7 Å². The number of carbonyl (C=O) groups is 1. The lowest BCUT2D eigenvalue weighted by molar-refractivity contribution is -0.115. The Morgan fingerprint density at radius 2 is 1.68 bits per heavy atom. The number of fused-ring (bicyclic) bond motifs is 1. The third-order valence-corrected chi connectivity index (χ3v) is 7.60. The van der Waals surface area contributed by atoms with Crippen molar-refractivity contribution in [2.24, 2.45) is 5.73 Å². The topological polar surface area (TPSA) is 138 Å². The maximum Gasteiger partial charge on any atom is 0.274 e. The summed E-state index contributed by atoms with van der Waals surface area (Å²) in [6, 6.07) is 12.6. The summed E-state index contributed by atoms with van der Waals surface area (Å²) < 4.78 is 23.5. The fourth-order valence-electron chi connectivity index (χ4n) is 4.56. The first kappa shape index (κ1) is 28.3. The van der Waals surface area contributed by atoms with Crippen LogP contribution < -0.4 is 44.8 Å². The second-order valence-electron chi connectivity index (χ2n) is 8.80. The smallest absolute Gasteiger partial charge is 0.274 e. The lowest BCUT2D eigenvalue weighted by Crippen LogP contribution is -2.42. The number of methoxy groups -OCH3 is 4. The molecular formula is C29H30N4O6S. The van der Waals surface area contributed by atoms with Gasteiger partial charge in [-0.05, 0) is 47.9 Å². The summed E-state index contributed by atoms with van der Waals surface area (Å²) >= 11 is 1.13. The molecular weight excluding hydrogens is 532 g/mol. The number of nitrogens with two attached hydrogens (primary N) is 1. The van der Waals surface area contributed by atoms with E-state index in [4.69, 9.17) is 24.7 Å². The Labute approximate surface area is 235 Å². The van der Waals surface area contributed by atoms with Crippen molar-refractivity contribution in [2.75, 3.05) is 35.0 Å². The molecule has 1 unspecified atom stereocenters. The standard InChI is InChI=1S/C29H30N4O6S/c1-6-11-32-27(34)25-24(17-8-10-20(37-3)22(14-17)39-5)18(15-30)26(31)33-28(35)23(40-29(25)33)13-16-7-9-19(36-2)21(12-16)38-4/h7-10,12-14,24H,6,11,31H2,1-5H3,(H,32,34)/b23-13+. The molecule has 0 spiro atoms. The molecule has 1 atom stereocenters. The first-order valence-corrected chi connectivity index (χ1v) is 13.2. The molecule has 0 saturated heterocycles. The number of nitrogens with zero attached hydrogens (tertiary/aromatic N) is 2. The summed E-state index contributed by atoms with van der Waals surface area (Å²) in [6.07, 6.45) is 2.39.